The van der Waals surface area contributed by atoms with E-state index in [0.29, 0.717) is 50.6 Å². The van der Waals surface area contributed by atoms with E-state index in [1.54, 1.807) is 30.3 Å². The molecule has 1 heterocycles. The van der Waals surface area contributed by atoms with Crippen molar-refractivity contribution in [2.75, 3.05) is 14.9 Å². The van der Waals surface area contributed by atoms with Crippen LogP contribution in [0.4, 0.5) is 21.5 Å². The maximum Gasteiger partial charge on any atom is 0.264 e. The van der Waals surface area contributed by atoms with Gasteiger partial charge in [0.05, 0.1) is 20.6 Å². The number of hydrogen-bond donors (Lipinski definition) is 2. The first-order valence-electron chi connectivity index (χ1n) is 10.1. The summed E-state index contributed by atoms with van der Waals surface area (Å²) < 4.78 is 41.9. The van der Waals surface area contributed by atoms with Crippen molar-refractivity contribution in [1.29, 1.82) is 0 Å². The summed E-state index contributed by atoms with van der Waals surface area (Å²) >= 11 is 17.3. The SMILES string of the molecule is C[C@H]1CCc2cc(F)ccc2N1S(=O)(=O)c1ccc(NC(=S)Nc2ccc(Cl)c(Cl)c2)cc1. The molecular weight excluding hydrogens is 504 g/mol. The number of halogens is 3. The number of anilines is 3. The van der Waals surface area contributed by atoms with E-state index < -0.39 is 10.0 Å². The Morgan fingerprint density at radius 2 is 1.67 bits per heavy atom. The molecule has 0 amide bonds. The van der Waals surface area contributed by atoms with Crippen LogP contribution in [0.5, 0.6) is 0 Å². The predicted molar refractivity (Wildman–Crippen MR) is 137 cm³/mol. The van der Waals surface area contributed by atoms with Crippen LogP contribution in [0.2, 0.25) is 10.0 Å². The van der Waals surface area contributed by atoms with Gasteiger partial charge in [-0.25, -0.2) is 12.8 Å². The summed E-state index contributed by atoms with van der Waals surface area (Å²) in [6.07, 6.45) is 1.25. The highest BCUT2D eigenvalue weighted by atomic mass is 35.5. The number of fused-ring (bicyclic) bond motifs is 1. The monoisotopic (exact) mass is 523 g/mol. The quantitative estimate of drug-likeness (QED) is 0.383. The molecule has 0 bridgehead atoms. The number of nitrogens with zero attached hydrogens (tertiary/aromatic N) is 1. The molecule has 0 unspecified atom stereocenters. The fourth-order valence-corrected chi connectivity index (χ4v) is 6.00. The second kappa shape index (κ2) is 9.46. The summed E-state index contributed by atoms with van der Waals surface area (Å²) in [5, 5.41) is 7.15. The lowest BCUT2D eigenvalue weighted by Gasteiger charge is -2.36. The van der Waals surface area contributed by atoms with Crippen molar-refractivity contribution in [1.82, 2.24) is 0 Å². The van der Waals surface area contributed by atoms with Gasteiger partial charge < -0.3 is 10.6 Å². The summed E-state index contributed by atoms with van der Waals surface area (Å²) in [6.45, 7) is 1.85. The summed E-state index contributed by atoms with van der Waals surface area (Å²) in [4.78, 5) is 0.139. The van der Waals surface area contributed by atoms with Gasteiger partial charge in [-0.05, 0) is 98.2 Å². The first-order chi connectivity index (χ1) is 15.6. The van der Waals surface area contributed by atoms with E-state index >= 15 is 0 Å². The second-order valence-electron chi connectivity index (χ2n) is 7.69. The molecule has 1 aliphatic rings. The molecule has 0 fully saturated rings. The molecule has 0 saturated carbocycles. The molecule has 0 spiro atoms. The maximum absolute atomic E-state index is 13.7. The summed E-state index contributed by atoms with van der Waals surface area (Å²) in [6, 6.07) is 15.3. The van der Waals surface area contributed by atoms with Gasteiger partial charge in [0.15, 0.2) is 5.11 Å². The average molecular weight is 524 g/mol. The van der Waals surface area contributed by atoms with Gasteiger partial charge in [0.25, 0.3) is 10.0 Å². The molecule has 10 heteroatoms. The molecular formula is C23H20Cl2FN3O2S2. The van der Waals surface area contributed by atoms with E-state index in [9.17, 15) is 12.8 Å². The van der Waals surface area contributed by atoms with E-state index in [4.69, 9.17) is 35.4 Å². The van der Waals surface area contributed by atoms with Crippen molar-refractivity contribution < 1.29 is 12.8 Å². The van der Waals surface area contributed by atoms with Crippen molar-refractivity contribution in [2.24, 2.45) is 0 Å². The van der Waals surface area contributed by atoms with E-state index in [0.717, 1.165) is 0 Å². The molecule has 0 aliphatic carbocycles. The van der Waals surface area contributed by atoms with Gasteiger partial charge in [0, 0.05) is 17.4 Å². The van der Waals surface area contributed by atoms with Crippen molar-refractivity contribution in [3.05, 3.63) is 82.1 Å². The number of sulfonamides is 1. The Kier molecular flexibility index (Phi) is 6.81. The Morgan fingerprint density at radius 1 is 1.00 bits per heavy atom. The zero-order chi connectivity index (χ0) is 23.8. The highest BCUT2D eigenvalue weighted by Gasteiger charge is 2.34. The second-order valence-corrected chi connectivity index (χ2v) is 10.7. The molecule has 0 aromatic heterocycles. The standard InChI is InChI=1S/C23H20Cl2FN3O2S2/c1-14-2-3-15-12-16(26)4-11-22(15)29(14)33(30,31)19-8-5-17(6-9-19)27-23(32)28-18-7-10-20(24)21(25)13-18/h4-14H,2-3H2,1H3,(H2,27,28,32)/t14-/m0/s1. The van der Waals surface area contributed by atoms with Gasteiger partial charge >= 0.3 is 0 Å². The van der Waals surface area contributed by atoms with Gasteiger partial charge in [-0.1, -0.05) is 23.2 Å². The number of rotatable bonds is 4. The number of aryl methyl sites for hydroxylation is 1. The minimum Gasteiger partial charge on any atom is -0.332 e. The van der Waals surface area contributed by atoms with E-state index in [-0.39, 0.29) is 16.8 Å². The third kappa shape index (κ3) is 5.09. The fraction of sp³-hybridized carbons (Fsp3) is 0.174. The van der Waals surface area contributed by atoms with Gasteiger partial charge in [-0.2, -0.15) is 0 Å². The lowest BCUT2D eigenvalue weighted by Crippen LogP contribution is -2.42. The Labute approximate surface area is 207 Å². The van der Waals surface area contributed by atoms with Gasteiger partial charge in [0.2, 0.25) is 0 Å². The fourth-order valence-electron chi connectivity index (χ4n) is 3.75. The highest BCUT2D eigenvalue weighted by Crippen LogP contribution is 2.36. The molecule has 2 N–H and O–H groups in total. The van der Waals surface area contributed by atoms with Gasteiger partial charge in [-0.15, -0.1) is 0 Å². The van der Waals surface area contributed by atoms with Crippen molar-refractivity contribution >= 4 is 67.6 Å². The zero-order valence-electron chi connectivity index (χ0n) is 17.5. The molecule has 172 valence electrons. The van der Waals surface area contributed by atoms with Crippen LogP contribution >= 0.6 is 35.4 Å². The summed E-state index contributed by atoms with van der Waals surface area (Å²) in [5.74, 6) is -0.374. The van der Waals surface area contributed by atoms with Crippen LogP contribution in [0.1, 0.15) is 18.9 Å². The predicted octanol–water partition coefficient (Wildman–Crippen LogP) is 6.47. The van der Waals surface area contributed by atoms with Crippen LogP contribution in [0, 0.1) is 5.82 Å². The molecule has 1 atom stereocenters. The van der Waals surface area contributed by atoms with Crippen LogP contribution in [-0.2, 0) is 16.4 Å². The Balaban J connectivity index is 1.52. The minimum absolute atomic E-state index is 0.139. The Bertz CT molecular complexity index is 1320. The Hall–Kier alpha value is -2.39. The molecule has 3 aromatic rings. The van der Waals surface area contributed by atoms with Crippen LogP contribution in [0.25, 0.3) is 0 Å². The zero-order valence-corrected chi connectivity index (χ0v) is 20.6. The van der Waals surface area contributed by atoms with E-state index in [1.165, 1.54) is 34.6 Å². The van der Waals surface area contributed by atoms with Crippen molar-refractivity contribution in [3.8, 4) is 0 Å². The molecule has 0 saturated heterocycles. The van der Waals surface area contributed by atoms with E-state index in [2.05, 4.69) is 10.6 Å². The number of benzene rings is 3. The van der Waals surface area contributed by atoms with Crippen LogP contribution in [0.15, 0.2) is 65.6 Å². The maximum atomic E-state index is 13.7. The largest absolute Gasteiger partial charge is 0.332 e. The molecule has 5 nitrogen and oxygen atoms in total. The number of hydrogen-bond acceptors (Lipinski definition) is 3. The minimum atomic E-state index is -3.83. The van der Waals surface area contributed by atoms with Crippen LogP contribution < -0.4 is 14.9 Å². The topological polar surface area (TPSA) is 61.4 Å². The lowest BCUT2D eigenvalue weighted by atomic mass is 9.99. The number of nitrogens with one attached hydrogen (secondary N) is 2. The smallest absolute Gasteiger partial charge is 0.264 e. The first kappa shape index (κ1) is 23.8. The molecule has 3 aromatic carbocycles. The summed E-state index contributed by atoms with van der Waals surface area (Å²) in [5.41, 5.74) is 2.48. The lowest BCUT2D eigenvalue weighted by molar-refractivity contribution is 0.560. The molecule has 0 radical (unpaired) electrons. The molecule has 4 rings (SSSR count). The van der Waals surface area contributed by atoms with Crippen LogP contribution in [-0.4, -0.2) is 19.6 Å². The molecule has 33 heavy (non-hydrogen) atoms. The van der Waals surface area contributed by atoms with Crippen molar-refractivity contribution in [2.45, 2.75) is 30.7 Å². The summed E-state index contributed by atoms with van der Waals surface area (Å²) in [7, 11) is -3.83. The highest BCUT2D eigenvalue weighted by molar-refractivity contribution is 7.92. The van der Waals surface area contributed by atoms with Crippen molar-refractivity contribution in [3.63, 3.8) is 0 Å². The third-order valence-corrected chi connectivity index (χ3v) is 8.24. The Morgan fingerprint density at radius 3 is 2.36 bits per heavy atom. The van der Waals surface area contributed by atoms with E-state index in [1.807, 2.05) is 6.92 Å². The first-order valence-corrected chi connectivity index (χ1v) is 12.7. The normalized spacial score (nSPS) is 15.6. The number of thiocarbonyl (C=S) groups is 1. The molecule has 1 aliphatic heterocycles. The van der Waals surface area contributed by atoms with Gasteiger partial charge in [0.1, 0.15) is 5.82 Å². The van der Waals surface area contributed by atoms with Crippen LogP contribution in [0.3, 0.4) is 0 Å². The average Bonchev–Trinajstić information content (AvgIpc) is 2.76. The third-order valence-electron chi connectivity index (χ3n) is 5.36. The van der Waals surface area contributed by atoms with Gasteiger partial charge in [-0.3, -0.25) is 4.31 Å².